The first-order valence-electron chi connectivity index (χ1n) is 8.62. The molecular weight excluding hydrogens is 256 g/mol. The predicted octanol–water partition coefficient (Wildman–Crippen LogP) is 4.35. The van der Waals surface area contributed by atoms with Gasteiger partial charge in [-0.25, -0.2) is 0 Å². The summed E-state index contributed by atoms with van der Waals surface area (Å²) in [5.74, 6) is 0.883. The lowest BCUT2D eigenvalue weighted by atomic mass is 9.58. The van der Waals surface area contributed by atoms with Crippen molar-refractivity contribution in [2.45, 2.75) is 70.9 Å². The van der Waals surface area contributed by atoms with E-state index in [1.54, 1.807) is 0 Å². The van der Waals surface area contributed by atoms with Crippen molar-refractivity contribution in [2.75, 3.05) is 0 Å². The van der Waals surface area contributed by atoms with E-state index in [-0.39, 0.29) is 6.04 Å². The van der Waals surface area contributed by atoms with Gasteiger partial charge in [0.1, 0.15) is 0 Å². The van der Waals surface area contributed by atoms with Gasteiger partial charge in [-0.2, -0.15) is 5.26 Å². The molecule has 0 amide bonds. The minimum atomic E-state index is -0.410. The standard InChI is InChI=1S/C19H28N2/c1-18(14-20)12-5-4-10-16(18)21-17-11-7-9-15-8-3-6-13-19(15,17)2/h4-5,10,12,15-17,21H,3,6-9,11,13H2,1-2H3/t15-,16?,17?,18?,19+/m1/s1. The summed E-state index contributed by atoms with van der Waals surface area (Å²) in [5.41, 5.74) is 0.0224. The van der Waals surface area contributed by atoms with Gasteiger partial charge in [0.05, 0.1) is 11.5 Å². The maximum atomic E-state index is 9.57. The van der Waals surface area contributed by atoms with Crippen LogP contribution in [0, 0.1) is 28.1 Å². The van der Waals surface area contributed by atoms with Crippen LogP contribution >= 0.6 is 0 Å². The summed E-state index contributed by atoms with van der Waals surface area (Å²) >= 11 is 0. The van der Waals surface area contributed by atoms with Gasteiger partial charge >= 0.3 is 0 Å². The fraction of sp³-hybridized carbons (Fsp3) is 0.737. The molecule has 0 aromatic rings. The van der Waals surface area contributed by atoms with Crippen molar-refractivity contribution in [1.82, 2.24) is 5.32 Å². The molecule has 3 aliphatic rings. The Kier molecular flexibility index (Phi) is 3.97. The van der Waals surface area contributed by atoms with E-state index in [0.29, 0.717) is 11.5 Å². The van der Waals surface area contributed by atoms with Crippen molar-refractivity contribution < 1.29 is 0 Å². The van der Waals surface area contributed by atoms with Crippen LogP contribution in [0.4, 0.5) is 0 Å². The normalized spacial score (nSPS) is 45.9. The molecule has 2 saturated carbocycles. The Morgan fingerprint density at radius 1 is 1.10 bits per heavy atom. The monoisotopic (exact) mass is 284 g/mol. The quantitative estimate of drug-likeness (QED) is 0.818. The van der Waals surface area contributed by atoms with Crippen molar-refractivity contribution >= 4 is 0 Å². The third-order valence-corrected chi connectivity index (χ3v) is 6.42. The van der Waals surface area contributed by atoms with Gasteiger partial charge in [0.2, 0.25) is 0 Å². The van der Waals surface area contributed by atoms with Gasteiger partial charge in [-0.1, -0.05) is 50.5 Å². The molecule has 0 saturated heterocycles. The Bertz CT molecular complexity index is 484. The molecule has 2 fully saturated rings. The molecule has 0 heterocycles. The van der Waals surface area contributed by atoms with E-state index in [4.69, 9.17) is 0 Å². The van der Waals surface area contributed by atoms with Crippen LogP contribution < -0.4 is 5.32 Å². The molecule has 0 aromatic heterocycles. The molecule has 0 spiro atoms. The zero-order valence-electron chi connectivity index (χ0n) is 13.4. The molecule has 21 heavy (non-hydrogen) atoms. The number of hydrogen-bond acceptors (Lipinski definition) is 2. The Morgan fingerprint density at radius 2 is 1.90 bits per heavy atom. The van der Waals surface area contributed by atoms with E-state index in [0.717, 1.165) is 5.92 Å². The lowest BCUT2D eigenvalue weighted by Gasteiger charge is -2.52. The molecule has 0 aromatic carbocycles. The van der Waals surface area contributed by atoms with Crippen LogP contribution in [-0.2, 0) is 0 Å². The average molecular weight is 284 g/mol. The van der Waals surface area contributed by atoms with E-state index in [1.807, 2.05) is 19.1 Å². The highest BCUT2D eigenvalue weighted by molar-refractivity contribution is 5.28. The molecule has 3 aliphatic carbocycles. The largest absolute Gasteiger partial charge is 0.305 e. The number of allylic oxidation sites excluding steroid dienone is 2. The van der Waals surface area contributed by atoms with Crippen LogP contribution in [0.2, 0.25) is 0 Å². The van der Waals surface area contributed by atoms with Gasteiger partial charge < -0.3 is 5.32 Å². The molecule has 0 bridgehead atoms. The van der Waals surface area contributed by atoms with Gasteiger partial charge in [0.25, 0.3) is 0 Å². The smallest absolute Gasteiger partial charge is 0.0916 e. The molecule has 0 radical (unpaired) electrons. The average Bonchev–Trinajstić information content (AvgIpc) is 2.50. The van der Waals surface area contributed by atoms with Crippen molar-refractivity contribution in [1.29, 1.82) is 5.26 Å². The molecular formula is C19H28N2. The fourth-order valence-corrected chi connectivity index (χ4v) is 4.82. The van der Waals surface area contributed by atoms with Crippen molar-refractivity contribution in [3.05, 3.63) is 24.3 Å². The topological polar surface area (TPSA) is 35.8 Å². The van der Waals surface area contributed by atoms with Gasteiger partial charge in [0, 0.05) is 12.1 Å². The van der Waals surface area contributed by atoms with Gasteiger partial charge in [-0.3, -0.25) is 0 Å². The summed E-state index contributed by atoms with van der Waals surface area (Å²) in [6, 6.07) is 3.21. The first kappa shape index (κ1) is 14.9. The highest BCUT2D eigenvalue weighted by Gasteiger charge is 2.46. The lowest BCUT2D eigenvalue weighted by molar-refractivity contribution is 0.0195. The van der Waals surface area contributed by atoms with Crippen LogP contribution in [-0.4, -0.2) is 12.1 Å². The van der Waals surface area contributed by atoms with E-state index >= 15 is 0 Å². The van der Waals surface area contributed by atoms with Gasteiger partial charge in [0.15, 0.2) is 0 Å². The highest BCUT2D eigenvalue weighted by atomic mass is 15.0. The zero-order valence-corrected chi connectivity index (χ0v) is 13.4. The van der Waals surface area contributed by atoms with Gasteiger partial charge in [-0.15, -0.1) is 0 Å². The number of hydrogen-bond donors (Lipinski definition) is 1. The second-order valence-electron chi connectivity index (χ2n) is 7.71. The molecule has 1 N–H and O–H groups in total. The second-order valence-corrected chi connectivity index (χ2v) is 7.71. The van der Waals surface area contributed by atoms with Crippen LogP contribution in [0.25, 0.3) is 0 Å². The number of fused-ring (bicyclic) bond motifs is 1. The first-order valence-corrected chi connectivity index (χ1v) is 8.62. The zero-order chi connectivity index (χ0) is 14.9. The van der Waals surface area contributed by atoms with E-state index in [2.05, 4.69) is 30.5 Å². The maximum Gasteiger partial charge on any atom is 0.0916 e. The van der Waals surface area contributed by atoms with Crippen molar-refractivity contribution in [2.24, 2.45) is 16.7 Å². The van der Waals surface area contributed by atoms with Crippen molar-refractivity contribution in [3.63, 3.8) is 0 Å². The Morgan fingerprint density at radius 3 is 2.71 bits per heavy atom. The van der Waals surface area contributed by atoms with E-state index < -0.39 is 5.41 Å². The second kappa shape index (κ2) is 5.61. The Balaban J connectivity index is 1.79. The third kappa shape index (κ3) is 2.57. The summed E-state index contributed by atoms with van der Waals surface area (Å²) in [7, 11) is 0. The summed E-state index contributed by atoms with van der Waals surface area (Å²) in [6.45, 7) is 4.55. The summed E-state index contributed by atoms with van der Waals surface area (Å²) in [4.78, 5) is 0. The van der Waals surface area contributed by atoms with Crippen molar-refractivity contribution in [3.8, 4) is 6.07 Å². The molecule has 5 atom stereocenters. The Labute approximate surface area is 129 Å². The van der Waals surface area contributed by atoms with Crippen LogP contribution in [0.1, 0.15) is 58.8 Å². The number of rotatable bonds is 2. The van der Waals surface area contributed by atoms with Crippen LogP contribution in [0.3, 0.4) is 0 Å². The SMILES string of the molecule is CC1(C#N)C=CC=CC1NC1CCC[C@H]2CCCC[C@]12C. The highest BCUT2D eigenvalue weighted by Crippen LogP contribution is 2.50. The number of nitrogens with zero attached hydrogens (tertiary/aromatic N) is 1. The predicted molar refractivity (Wildman–Crippen MR) is 86.6 cm³/mol. The molecule has 114 valence electrons. The maximum absolute atomic E-state index is 9.57. The number of nitrogens with one attached hydrogen (secondary N) is 1. The van der Waals surface area contributed by atoms with E-state index in [1.165, 1.54) is 44.9 Å². The fourth-order valence-electron chi connectivity index (χ4n) is 4.82. The first-order chi connectivity index (χ1) is 10.1. The molecule has 2 heteroatoms. The lowest BCUT2D eigenvalue weighted by Crippen LogP contribution is -2.57. The molecule has 2 nitrogen and oxygen atoms in total. The van der Waals surface area contributed by atoms with Gasteiger partial charge in [-0.05, 0) is 43.9 Å². The minimum Gasteiger partial charge on any atom is -0.305 e. The summed E-state index contributed by atoms with van der Waals surface area (Å²) in [6.07, 6.45) is 17.9. The minimum absolute atomic E-state index is 0.148. The molecule has 3 unspecified atom stereocenters. The number of nitriles is 1. The molecule has 3 rings (SSSR count). The summed E-state index contributed by atoms with van der Waals surface area (Å²) in [5, 5.41) is 13.5. The third-order valence-electron chi connectivity index (χ3n) is 6.42. The summed E-state index contributed by atoms with van der Waals surface area (Å²) < 4.78 is 0. The molecule has 0 aliphatic heterocycles. The Hall–Kier alpha value is -1.07. The van der Waals surface area contributed by atoms with Crippen LogP contribution in [0.15, 0.2) is 24.3 Å². The van der Waals surface area contributed by atoms with Crippen LogP contribution in [0.5, 0.6) is 0 Å². The van der Waals surface area contributed by atoms with E-state index in [9.17, 15) is 5.26 Å².